The van der Waals surface area contributed by atoms with Crippen molar-refractivity contribution in [2.24, 2.45) is 0 Å². The molecule has 0 saturated carbocycles. The van der Waals surface area contributed by atoms with Gasteiger partial charge in [-0.25, -0.2) is 0 Å². The number of ether oxygens (including phenoxy) is 2. The van der Waals surface area contributed by atoms with Gasteiger partial charge in [0.15, 0.2) is 9.76 Å². The van der Waals surface area contributed by atoms with Crippen LogP contribution in [-0.4, -0.2) is 29.5 Å². The molecule has 0 aliphatic rings. The quantitative estimate of drug-likeness (QED) is 0.442. The van der Waals surface area contributed by atoms with Crippen molar-refractivity contribution in [2.45, 2.75) is 27.2 Å². The first kappa shape index (κ1) is 11.8. The van der Waals surface area contributed by atoms with Crippen LogP contribution in [0, 0.1) is 0 Å². The van der Waals surface area contributed by atoms with Crippen LogP contribution in [0.25, 0.3) is 0 Å². The van der Waals surface area contributed by atoms with E-state index >= 15 is 0 Å². The second-order valence-electron chi connectivity index (χ2n) is 2.10. The summed E-state index contributed by atoms with van der Waals surface area (Å²) in [5.74, 6) is 0. The topological polar surface area (TPSA) is 27.7 Å². The highest BCUT2D eigenvalue weighted by molar-refractivity contribution is 6.34. The average Bonchev–Trinajstić information content (AvgIpc) is 2.06. The minimum atomic E-state index is -0.607. The molecule has 0 aliphatic heterocycles. The van der Waals surface area contributed by atoms with Crippen molar-refractivity contribution in [1.82, 2.24) is 0 Å². The first-order valence-electron chi connectivity index (χ1n) is 4.31. The van der Waals surface area contributed by atoms with Gasteiger partial charge < -0.3 is 13.9 Å². The molecule has 0 aromatic carbocycles. The molecule has 72 valence electrons. The maximum absolute atomic E-state index is 5.37. The Balaban J connectivity index is 3.47. The number of allylic oxidation sites excluding steroid dienone is 1. The predicted molar refractivity (Wildman–Crippen MR) is 51.5 cm³/mol. The van der Waals surface area contributed by atoms with Gasteiger partial charge in [-0.1, -0.05) is 11.8 Å². The first-order valence-corrected chi connectivity index (χ1v) is 5.70. The van der Waals surface area contributed by atoms with Gasteiger partial charge in [0.25, 0.3) is 6.48 Å². The highest BCUT2D eigenvalue weighted by Gasteiger charge is 2.05. The van der Waals surface area contributed by atoms with Crippen LogP contribution in [0.5, 0.6) is 0 Å². The lowest BCUT2D eigenvalue weighted by atomic mass is 10.8. The van der Waals surface area contributed by atoms with Crippen LogP contribution >= 0.6 is 0 Å². The van der Waals surface area contributed by atoms with Crippen molar-refractivity contribution in [3.8, 4) is 0 Å². The van der Waals surface area contributed by atoms with Crippen LogP contribution in [-0.2, 0) is 13.9 Å². The molecule has 0 fully saturated rings. The molecule has 0 atom stereocenters. The molecule has 0 rings (SSSR count). The van der Waals surface area contributed by atoms with Gasteiger partial charge in [-0.2, -0.15) is 0 Å². The van der Waals surface area contributed by atoms with Crippen LogP contribution in [0.3, 0.4) is 0 Å². The Morgan fingerprint density at radius 1 is 1.25 bits per heavy atom. The molecule has 0 aromatic rings. The summed E-state index contributed by atoms with van der Waals surface area (Å²) in [7, 11) is -0.607. The summed E-state index contributed by atoms with van der Waals surface area (Å²) in [6.07, 6.45) is 1.99. The highest BCUT2D eigenvalue weighted by Crippen LogP contribution is 1.95. The minimum absolute atomic E-state index is 0.456. The standard InChI is InChI=1S/C8H18O3Si/c1-4-7-12-11-8(9-5-2)10-6-3/h4,7-8H,5-6,12H2,1-3H3. The molecule has 0 amide bonds. The van der Waals surface area contributed by atoms with E-state index in [4.69, 9.17) is 13.9 Å². The van der Waals surface area contributed by atoms with Crippen molar-refractivity contribution >= 4 is 9.76 Å². The van der Waals surface area contributed by atoms with Crippen LogP contribution in [0.4, 0.5) is 0 Å². The highest BCUT2D eigenvalue weighted by atomic mass is 28.2. The fraction of sp³-hybridized carbons (Fsp3) is 0.750. The molecule has 0 N–H and O–H groups in total. The molecule has 0 bridgehead atoms. The maximum atomic E-state index is 5.37. The van der Waals surface area contributed by atoms with E-state index in [1.807, 2.05) is 32.5 Å². The van der Waals surface area contributed by atoms with Crippen LogP contribution in [0.1, 0.15) is 20.8 Å². The molecule has 3 nitrogen and oxygen atoms in total. The molecule has 4 heteroatoms. The monoisotopic (exact) mass is 190 g/mol. The second-order valence-corrected chi connectivity index (χ2v) is 3.24. The molecule has 0 spiro atoms. The maximum Gasteiger partial charge on any atom is 0.261 e. The Hall–Kier alpha value is -0.163. The summed E-state index contributed by atoms with van der Waals surface area (Å²) in [6, 6.07) is 0. The van der Waals surface area contributed by atoms with Crippen LogP contribution < -0.4 is 0 Å². The summed E-state index contributed by atoms with van der Waals surface area (Å²) in [5.41, 5.74) is 2.05. The average molecular weight is 190 g/mol. The van der Waals surface area contributed by atoms with Crippen LogP contribution in [0.15, 0.2) is 11.8 Å². The normalized spacial score (nSPS) is 12.7. The van der Waals surface area contributed by atoms with E-state index in [9.17, 15) is 0 Å². The molecular weight excluding hydrogens is 172 g/mol. The van der Waals surface area contributed by atoms with E-state index in [-0.39, 0.29) is 0 Å². The summed E-state index contributed by atoms with van der Waals surface area (Å²) in [4.78, 5) is 0. The smallest absolute Gasteiger partial charge is 0.261 e. The minimum Gasteiger partial charge on any atom is -0.374 e. The lowest BCUT2D eigenvalue weighted by molar-refractivity contribution is -0.242. The molecule has 12 heavy (non-hydrogen) atoms. The van der Waals surface area contributed by atoms with Gasteiger partial charge in [0, 0.05) is 13.2 Å². The van der Waals surface area contributed by atoms with Gasteiger partial charge in [-0.3, -0.25) is 0 Å². The van der Waals surface area contributed by atoms with Crippen molar-refractivity contribution < 1.29 is 13.9 Å². The fourth-order valence-corrected chi connectivity index (χ4v) is 1.30. The number of hydrogen-bond donors (Lipinski definition) is 0. The summed E-state index contributed by atoms with van der Waals surface area (Å²) in [5, 5.41) is 0. The zero-order valence-electron chi connectivity index (χ0n) is 8.08. The zero-order valence-corrected chi connectivity index (χ0v) is 9.49. The van der Waals surface area contributed by atoms with Crippen molar-refractivity contribution in [1.29, 1.82) is 0 Å². The fourth-order valence-electron chi connectivity index (χ4n) is 0.647. The zero-order chi connectivity index (χ0) is 9.23. The molecule has 0 aliphatic carbocycles. The Kier molecular flexibility index (Phi) is 8.81. The summed E-state index contributed by atoms with van der Waals surface area (Å²) < 4.78 is 15.7. The Morgan fingerprint density at radius 3 is 2.25 bits per heavy atom. The Morgan fingerprint density at radius 2 is 1.83 bits per heavy atom. The number of rotatable bonds is 7. The third-order valence-electron chi connectivity index (χ3n) is 1.17. The van der Waals surface area contributed by atoms with Gasteiger partial charge in [0.1, 0.15) is 0 Å². The van der Waals surface area contributed by atoms with Crippen molar-refractivity contribution in [2.75, 3.05) is 13.2 Å². The third-order valence-corrected chi connectivity index (χ3v) is 2.30. The summed E-state index contributed by atoms with van der Waals surface area (Å²) in [6.45, 7) is 6.61. The van der Waals surface area contributed by atoms with Crippen molar-refractivity contribution in [3.05, 3.63) is 11.8 Å². The molecule has 0 aromatic heterocycles. The van der Waals surface area contributed by atoms with E-state index in [2.05, 4.69) is 0 Å². The van der Waals surface area contributed by atoms with Gasteiger partial charge >= 0.3 is 0 Å². The second kappa shape index (κ2) is 8.93. The van der Waals surface area contributed by atoms with Gasteiger partial charge in [-0.05, 0) is 20.8 Å². The van der Waals surface area contributed by atoms with Crippen molar-refractivity contribution in [3.63, 3.8) is 0 Å². The Labute approximate surface area is 76.6 Å². The summed E-state index contributed by atoms with van der Waals surface area (Å²) >= 11 is 0. The predicted octanol–water partition coefficient (Wildman–Crippen LogP) is 0.977. The van der Waals surface area contributed by atoms with Crippen LogP contribution in [0.2, 0.25) is 0 Å². The molecule has 0 heterocycles. The molecule has 0 unspecified atom stereocenters. The number of hydrogen-bond acceptors (Lipinski definition) is 3. The Bertz CT molecular complexity index is 111. The largest absolute Gasteiger partial charge is 0.374 e. The van der Waals surface area contributed by atoms with E-state index in [1.54, 1.807) is 0 Å². The van der Waals surface area contributed by atoms with Gasteiger partial charge in [0.05, 0.1) is 0 Å². The van der Waals surface area contributed by atoms with Gasteiger partial charge in [0.2, 0.25) is 0 Å². The van der Waals surface area contributed by atoms with E-state index in [0.29, 0.717) is 13.2 Å². The van der Waals surface area contributed by atoms with Gasteiger partial charge in [-0.15, -0.1) is 0 Å². The first-order chi connectivity index (χ1) is 5.85. The SMILES string of the molecule is CC=C[SiH2]OC(OCC)OCC. The molecular formula is C8H18O3Si. The third kappa shape index (κ3) is 6.54. The molecule has 0 saturated heterocycles. The van der Waals surface area contributed by atoms with E-state index in [0.717, 1.165) is 0 Å². The lowest BCUT2D eigenvalue weighted by Crippen LogP contribution is -2.22. The van der Waals surface area contributed by atoms with E-state index in [1.165, 1.54) is 0 Å². The lowest BCUT2D eigenvalue weighted by Gasteiger charge is -2.16. The molecule has 0 radical (unpaired) electrons. The van der Waals surface area contributed by atoms with E-state index < -0.39 is 16.2 Å².